The molecule has 24 heavy (non-hydrogen) atoms. The predicted molar refractivity (Wildman–Crippen MR) is 94.3 cm³/mol. The summed E-state index contributed by atoms with van der Waals surface area (Å²) in [5.74, 6) is 2.66. The van der Waals surface area contributed by atoms with Crippen molar-refractivity contribution in [3.05, 3.63) is 0 Å². The zero-order valence-corrected chi connectivity index (χ0v) is 15.6. The van der Waals surface area contributed by atoms with Gasteiger partial charge in [0.1, 0.15) is 0 Å². The molecule has 0 saturated heterocycles. The van der Waals surface area contributed by atoms with Crippen LogP contribution in [-0.2, 0) is 0 Å². The fraction of sp³-hybridized carbons (Fsp3) is 1.00. The van der Waals surface area contributed by atoms with Crippen molar-refractivity contribution in [2.45, 2.75) is 90.4 Å². The standard InChI is InChI=1S/C21H36O3/c1-12(22)15-6-7-16-14-10-19(24)18-5-4-13(23)11-21(18,3)17(14)8-9-20(15,16)2/h12-19,22-24H,4-11H2,1-3H3/t12-,13-,14-,15+,16-,17-,18-,19-,20+,21+/m0/s1. The van der Waals surface area contributed by atoms with E-state index in [1.165, 1.54) is 19.3 Å². The summed E-state index contributed by atoms with van der Waals surface area (Å²) in [5, 5.41) is 31.6. The minimum absolute atomic E-state index is 0.101. The van der Waals surface area contributed by atoms with E-state index in [1.54, 1.807) is 0 Å². The van der Waals surface area contributed by atoms with Crippen molar-refractivity contribution in [1.29, 1.82) is 0 Å². The second-order valence-electron chi connectivity index (χ2n) is 10.2. The van der Waals surface area contributed by atoms with Crippen molar-refractivity contribution in [2.75, 3.05) is 0 Å². The van der Waals surface area contributed by atoms with Gasteiger partial charge in [0, 0.05) is 0 Å². The zero-order chi connectivity index (χ0) is 17.3. The van der Waals surface area contributed by atoms with Gasteiger partial charge >= 0.3 is 0 Å². The van der Waals surface area contributed by atoms with E-state index in [4.69, 9.17) is 0 Å². The van der Waals surface area contributed by atoms with Gasteiger partial charge in [-0.25, -0.2) is 0 Å². The Morgan fingerprint density at radius 2 is 1.54 bits per heavy atom. The van der Waals surface area contributed by atoms with Crippen LogP contribution in [0.3, 0.4) is 0 Å². The van der Waals surface area contributed by atoms with Crippen LogP contribution in [0.15, 0.2) is 0 Å². The summed E-state index contributed by atoms with van der Waals surface area (Å²) in [6, 6.07) is 0. The molecule has 4 aliphatic carbocycles. The van der Waals surface area contributed by atoms with Crippen molar-refractivity contribution >= 4 is 0 Å². The lowest BCUT2D eigenvalue weighted by Gasteiger charge is -2.62. The van der Waals surface area contributed by atoms with Crippen molar-refractivity contribution in [3.8, 4) is 0 Å². The fourth-order valence-electron chi connectivity index (χ4n) is 8.23. The minimum atomic E-state index is -0.218. The molecule has 0 heterocycles. The third-order valence-corrected chi connectivity index (χ3v) is 9.25. The second-order valence-corrected chi connectivity index (χ2v) is 10.2. The Bertz CT molecular complexity index is 491. The van der Waals surface area contributed by atoms with E-state index in [2.05, 4.69) is 13.8 Å². The van der Waals surface area contributed by atoms with Crippen molar-refractivity contribution < 1.29 is 15.3 Å². The molecule has 0 aromatic carbocycles. The molecule has 4 rings (SSSR count). The quantitative estimate of drug-likeness (QED) is 0.688. The Kier molecular flexibility index (Phi) is 4.10. The monoisotopic (exact) mass is 336 g/mol. The van der Waals surface area contributed by atoms with Gasteiger partial charge in [0.25, 0.3) is 0 Å². The van der Waals surface area contributed by atoms with Gasteiger partial charge in [-0.2, -0.15) is 0 Å². The highest BCUT2D eigenvalue weighted by Gasteiger charge is 2.62. The average Bonchev–Trinajstić information content (AvgIpc) is 2.84. The van der Waals surface area contributed by atoms with Crippen LogP contribution in [0.4, 0.5) is 0 Å². The molecule has 0 unspecified atom stereocenters. The molecule has 4 fully saturated rings. The van der Waals surface area contributed by atoms with Crippen LogP contribution in [0.5, 0.6) is 0 Å². The molecule has 3 N–H and O–H groups in total. The number of hydrogen-bond donors (Lipinski definition) is 3. The number of fused-ring (bicyclic) bond motifs is 5. The van der Waals surface area contributed by atoms with E-state index in [0.717, 1.165) is 32.1 Å². The molecule has 0 radical (unpaired) electrons. The molecule has 138 valence electrons. The van der Waals surface area contributed by atoms with Gasteiger partial charge in [0.2, 0.25) is 0 Å². The van der Waals surface area contributed by atoms with E-state index >= 15 is 0 Å². The summed E-state index contributed by atoms with van der Waals surface area (Å²) in [5.41, 5.74) is 0.343. The maximum Gasteiger partial charge on any atom is 0.0576 e. The largest absolute Gasteiger partial charge is 0.393 e. The first kappa shape index (κ1) is 17.3. The van der Waals surface area contributed by atoms with Crippen molar-refractivity contribution in [2.24, 2.45) is 40.4 Å². The Morgan fingerprint density at radius 1 is 0.875 bits per heavy atom. The first-order chi connectivity index (χ1) is 11.3. The number of aliphatic hydroxyl groups excluding tert-OH is 3. The molecule has 0 aromatic heterocycles. The third-order valence-electron chi connectivity index (χ3n) is 9.25. The molecule has 0 aliphatic heterocycles. The number of rotatable bonds is 1. The first-order valence-electron chi connectivity index (χ1n) is 10.3. The van der Waals surface area contributed by atoms with Crippen molar-refractivity contribution in [1.82, 2.24) is 0 Å². The van der Waals surface area contributed by atoms with Gasteiger partial charge in [-0.1, -0.05) is 13.8 Å². The molecule has 3 nitrogen and oxygen atoms in total. The minimum Gasteiger partial charge on any atom is -0.393 e. The molecule has 4 aliphatic rings. The van der Waals surface area contributed by atoms with Crippen LogP contribution in [0.25, 0.3) is 0 Å². The van der Waals surface area contributed by atoms with E-state index in [1.807, 2.05) is 6.92 Å². The molecule has 0 spiro atoms. The van der Waals surface area contributed by atoms with Crippen LogP contribution < -0.4 is 0 Å². The first-order valence-corrected chi connectivity index (χ1v) is 10.3. The van der Waals surface area contributed by atoms with Crippen LogP contribution in [-0.4, -0.2) is 33.6 Å². The summed E-state index contributed by atoms with van der Waals surface area (Å²) in [4.78, 5) is 0. The fourth-order valence-corrected chi connectivity index (χ4v) is 8.23. The molecule has 0 bridgehead atoms. The summed E-state index contributed by atoms with van der Waals surface area (Å²) < 4.78 is 0. The van der Waals surface area contributed by atoms with Crippen molar-refractivity contribution in [3.63, 3.8) is 0 Å². The number of aliphatic hydroxyl groups is 3. The van der Waals surface area contributed by atoms with Gasteiger partial charge in [0.15, 0.2) is 0 Å². The highest BCUT2D eigenvalue weighted by atomic mass is 16.3. The second kappa shape index (κ2) is 5.69. The lowest BCUT2D eigenvalue weighted by molar-refractivity contribution is -0.175. The van der Waals surface area contributed by atoms with Gasteiger partial charge in [-0.05, 0) is 98.7 Å². The van der Waals surface area contributed by atoms with E-state index in [9.17, 15) is 15.3 Å². The maximum absolute atomic E-state index is 10.9. The molecule has 3 heteroatoms. The van der Waals surface area contributed by atoms with Crippen LogP contribution in [0, 0.1) is 40.4 Å². The lowest BCUT2D eigenvalue weighted by Crippen LogP contribution is -2.58. The molecular formula is C21H36O3. The summed E-state index contributed by atoms with van der Waals surface area (Å²) in [7, 11) is 0. The van der Waals surface area contributed by atoms with Gasteiger partial charge < -0.3 is 15.3 Å². The average molecular weight is 337 g/mol. The SMILES string of the molecule is C[C@H](O)[C@H]1CC[C@H]2[C@@H]3C[C@H](O)[C@@H]4CC[C@H](O)C[C@]4(C)[C@H]3CC[C@]12C. The van der Waals surface area contributed by atoms with E-state index in [0.29, 0.717) is 29.6 Å². The highest BCUT2D eigenvalue weighted by Crippen LogP contribution is 2.67. The zero-order valence-electron chi connectivity index (χ0n) is 15.6. The molecule has 4 saturated carbocycles. The maximum atomic E-state index is 10.9. The normalized spacial score (nSPS) is 58.5. The van der Waals surface area contributed by atoms with Gasteiger partial charge in [-0.3, -0.25) is 0 Å². The summed E-state index contributed by atoms with van der Waals surface area (Å²) in [6.45, 7) is 6.74. The van der Waals surface area contributed by atoms with Gasteiger partial charge in [0.05, 0.1) is 18.3 Å². The van der Waals surface area contributed by atoms with Gasteiger partial charge in [-0.15, -0.1) is 0 Å². The molecule has 0 amide bonds. The Morgan fingerprint density at radius 3 is 2.25 bits per heavy atom. The summed E-state index contributed by atoms with van der Waals surface area (Å²) in [6.07, 6.45) is 7.86. The Hall–Kier alpha value is -0.120. The molecule has 10 atom stereocenters. The number of hydrogen-bond acceptors (Lipinski definition) is 3. The molecule has 0 aromatic rings. The third kappa shape index (κ3) is 2.27. The smallest absolute Gasteiger partial charge is 0.0576 e. The Labute approximate surface area is 146 Å². The van der Waals surface area contributed by atoms with E-state index < -0.39 is 0 Å². The van der Waals surface area contributed by atoms with Crippen LogP contribution >= 0.6 is 0 Å². The predicted octanol–water partition coefficient (Wildman–Crippen LogP) is 3.36. The molecular weight excluding hydrogens is 300 g/mol. The van der Waals surface area contributed by atoms with E-state index in [-0.39, 0.29) is 29.1 Å². The highest BCUT2D eigenvalue weighted by molar-refractivity contribution is 5.11. The topological polar surface area (TPSA) is 60.7 Å². The lowest BCUT2D eigenvalue weighted by atomic mass is 9.44. The van der Waals surface area contributed by atoms with Crippen LogP contribution in [0.2, 0.25) is 0 Å². The summed E-state index contributed by atoms with van der Waals surface area (Å²) >= 11 is 0. The Balaban J connectivity index is 1.66. The van der Waals surface area contributed by atoms with Crippen LogP contribution in [0.1, 0.15) is 72.1 Å².